The molecule has 90 valence electrons. The summed E-state index contributed by atoms with van der Waals surface area (Å²) in [6.45, 7) is 0. The van der Waals surface area contributed by atoms with Crippen molar-refractivity contribution in [3.05, 3.63) is 40.9 Å². The molecule has 1 heterocycles. The summed E-state index contributed by atoms with van der Waals surface area (Å²) in [5, 5.41) is 2.46. The number of H-pyrrole nitrogens is 1. The average molecular weight is 260 g/mol. The van der Waals surface area contributed by atoms with Crippen LogP contribution in [0.15, 0.2) is 30.3 Å². The number of fused-ring (bicyclic) bond motifs is 3. The normalized spacial score (nSPS) is 11.0. The van der Waals surface area contributed by atoms with E-state index in [4.69, 9.17) is 16.3 Å². The first-order valence-electron chi connectivity index (χ1n) is 5.48. The largest absolute Gasteiger partial charge is 0.495 e. The minimum absolute atomic E-state index is 0.445. The van der Waals surface area contributed by atoms with Gasteiger partial charge in [-0.2, -0.15) is 0 Å². The van der Waals surface area contributed by atoms with E-state index in [1.54, 1.807) is 13.2 Å². The molecular formula is C14H10ClNO2. The number of para-hydroxylation sites is 1. The van der Waals surface area contributed by atoms with Gasteiger partial charge < -0.3 is 9.72 Å². The van der Waals surface area contributed by atoms with E-state index in [-0.39, 0.29) is 0 Å². The molecule has 0 radical (unpaired) electrons. The van der Waals surface area contributed by atoms with Crippen molar-refractivity contribution in [1.82, 2.24) is 4.98 Å². The van der Waals surface area contributed by atoms with Crippen molar-refractivity contribution in [3.8, 4) is 5.75 Å². The Labute approximate surface area is 108 Å². The van der Waals surface area contributed by atoms with E-state index in [0.29, 0.717) is 10.6 Å². The Hall–Kier alpha value is -2.00. The number of carbonyl (C=O) groups excluding carboxylic acids is 1. The van der Waals surface area contributed by atoms with Crippen LogP contribution in [0.5, 0.6) is 5.75 Å². The molecule has 3 rings (SSSR count). The molecule has 2 aromatic carbocycles. The molecule has 3 nitrogen and oxygen atoms in total. The molecule has 1 N–H and O–H groups in total. The molecule has 0 unspecified atom stereocenters. The molecule has 0 amide bonds. The standard InChI is InChI=1S/C14H10ClNO2/c1-18-11-4-2-3-9-10-6-5-8(7-17)12(15)14(10)16-13(9)11/h2-7,16H,1H3. The van der Waals surface area contributed by atoms with E-state index in [9.17, 15) is 4.79 Å². The predicted molar refractivity (Wildman–Crippen MR) is 72.8 cm³/mol. The molecule has 4 heteroatoms. The third-order valence-electron chi connectivity index (χ3n) is 3.09. The lowest BCUT2D eigenvalue weighted by Crippen LogP contribution is -1.83. The van der Waals surface area contributed by atoms with Crippen molar-refractivity contribution in [3.63, 3.8) is 0 Å². The Morgan fingerprint density at radius 3 is 2.67 bits per heavy atom. The number of aromatic nitrogens is 1. The molecule has 0 atom stereocenters. The van der Waals surface area contributed by atoms with E-state index in [1.165, 1.54) is 0 Å². The maximum atomic E-state index is 10.9. The molecule has 0 aliphatic heterocycles. The first-order valence-corrected chi connectivity index (χ1v) is 5.86. The maximum Gasteiger partial charge on any atom is 0.151 e. The molecule has 1 aromatic heterocycles. The molecule has 3 aromatic rings. The van der Waals surface area contributed by atoms with Gasteiger partial charge in [-0.3, -0.25) is 4.79 Å². The zero-order valence-electron chi connectivity index (χ0n) is 9.66. The van der Waals surface area contributed by atoms with Crippen LogP contribution in [0.4, 0.5) is 0 Å². The zero-order valence-corrected chi connectivity index (χ0v) is 10.4. The molecule has 0 spiro atoms. The van der Waals surface area contributed by atoms with Crippen LogP contribution in [-0.2, 0) is 0 Å². The van der Waals surface area contributed by atoms with Gasteiger partial charge in [-0.1, -0.05) is 29.8 Å². The van der Waals surface area contributed by atoms with Crippen LogP contribution in [0.3, 0.4) is 0 Å². The van der Waals surface area contributed by atoms with Crippen LogP contribution in [0.1, 0.15) is 10.4 Å². The minimum atomic E-state index is 0.445. The van der Waals surface area contributed by atoms with Crippen molar-refractivity contribution in [1.29, 1.82) is 0 Å². The van der Waals surface area contributed by atoms with E-state index in [1.807, 2.05) is 24.3 Å². The van der Waals surface area contributed by atoms with E-state index in [0.717, 1.165) is 33.8 Å². The fraction of sp³-hybridized carbons (Fsp3) is 0.0714. The van der Waals surface area contributed by atoms with Gasteiger partial charge in [-0.05, 0) is 12.1 Å². The number of ether oxygens (including phenoxy) is 1. The first-order chi connectivity index (χ1) is 8.76. The predicted octanol–water partition coefficient (Wildman–Crippen LogP) is 3.80. The lowest BCUT2D eigenvalue weighted by atomic mass is 10.1. The molecule has 0 saturated heterocycles. The van der Waals surface area contributed by atoms with Gasteiger partial charge in [-0.15, -0.1) is 0 Å². The number of methoxy groups -OCH3 is 1. The molecule has 0 fully saturated rings. The highest BCUT2D eigenvalue weighted by Crippen LogP contribution is 2.35. The summed E-state index contributed by atoms with van der Waals surface area (Å²) < 4.78 is 5.31. The van der Waals surface area contributed by atoms with E-state index >= 15 is 0 Å². The van der Waals surface area contributed by atoms with Crippen molar-refractivity contribution < 1.29 is 9.53 Å². The molecule has 0 aliphatic rings. The van der Waals surface area contributed by atoms with E-state index < -0.39 is 0 Å². The van der Waals surface area contributed by atoms with Crippen molar-refractivity contribution >= 4 is 39.7 Å². The third-order valence-corrected chi connectivity index (χ3v) is 3.49. The van der Waals surface area contributed by atoms with E-state index in [2.05, 4.69) is 4.98 Å². The van der Waals surface area contributed by atoms with Gasteiger partial charge in [0.1, 0.15) is 5.75 Å². The van der Waals surface area contributed by atoms with Crippen molar-refractivity contribution in [2.75, 3.05) is 7.11 Å². The van der Waals surface area contributed by atoms with Gasteiger partial charge in [0.2, 0.25) is 0 Å². The SMILES string of the molecule is COc1cccc2c1[nH]c1c(Cl)c(C=O)ccc12. The fourth-order valence-electron chi connectivity index (χ4n) is 2.21. The summed E-state index contributed by atoms with van der Waals surface area (Å²) in [5.74, 6) is 0.757. The van der Waals surface area contributed by atoms with Crippen LogP contribution in [0.25, 0.3) is 21.8 Å². The number of nitrogens with one attached hydrogen (secondary N) is 1. The number of aromatic amines is 1. The summed E-state index contributed by atoms with van der Waals surface area (Å²) in [6, 6.07) is 9.42. The van der Waals surface area contributed by atoms with Gasteiger partial charge in [0.25, 0.3) is 0 Å². The second-order valence-corrected chi connectivity index (χ2v) is 4.39. The molecule has 0 aliphatic carbocycles. The first kappa shape index (κ1) is 11.1. The summed E-state index contributed by atoms with van der Waals surface area (Å²) in [7, 11) is 1.62. The van der Waals surface area contributed by atoms with Crippen LogP contribution < -0.4 is 4.74 Å². The van der Waals surface area contributed by atoms with Crippen molar-refractivity contribution in [2.45, 2.75) is 0 Å². The van der Waals surface area contributed by atoms with Gasteiger partial charge in [0, 0.05) is 16.3 Å². The lowest BCUT2D eigenvalue weighted by Gasteiger charge is -1.99. The van der Waals surface area contributed by atoms with Gasteiger partial charge in [-0.25, -0.2) is 0 Å². The van der Waals surface area contributed by atoms with Gasteiger partial charge >= 0.3 is 0 Å². The Morgan fingerprint density at radius 2 is 1.94 bits per heavy atom. The topological polar surface area (TPSA) is 42.1 Å². The number of aldehydes is 1. The molecule has 18 heavy (non-hydrogen) atoms. The van der Waals surface area contributed by atoms with Gasteiger partial charge in [0.15, 0.2) is 6.29 Å². The van der Waals surface area contributed by atoms with Crippen LogP contribution >= 0.6 is 11.6 Å². The number of hydrogen-bond acceptors (Lipinski definition) is 2. The third kappa shape index (κ3) is 1.41. The number of hydrogen-bond donors (Lipinski definition) is 1. The Balaban J connectivity index is 2.50. The highest BCUT2D eigenvalue weighted by atomic mass is 35.5. The Bertz CT molecular complexity index is 761. The number of carbonyl (C=O) groups is 1. The molecular weight excluding hydrogens is 250 g/mol. The quantitative estimate of drug-likeness (QED) is 0.712. The second-order valence-electron chi connectivity index (χ2n) is 4.02. The van der Waals surface area contributed by atoms with Gasteiger partial charge in [0.05, 0.1) is 23.2 Å². The smallest absolute Gasteiger partial charge is 0.151 e. The fourth-order valence-corrected chi connectivity index (χ4v) is 2.47. The Morgan fingerprint density at radius 1 is 1.17 bits per heavy atom. The highest BCUT2D eigenvalue weighted by molar-refractivity contribution is 6.38. The average Bonchev–Trinajstić information content (AvgIpc) is 2.79. The van der Waals surface area contributed by atoms with Crippen molar-refractivity contribution in [2.24, 2.45) is 0 Å². The Kier molecular flexibility index (Phi) is 2.49. The minimum Gasteiger partial charge on any atom is -0.495 e. The monoisotopic (exact) mass is 259 g/mol. The van der Waals surface area contributed by atoms with Crippen LogP contribution in [0.2, 0.25) is 5.02 Å². The summed E-state index contributed by atoms with van der Waals surface area (Å²) >= 11 is 6.21. The van der Waals surface area contributed by atoms with Crippen LogP contribution in [-0.4, -0.2) is 18.4 Å². The highest BCUT2D eigenvalue weighted by Gasteiger charge is 2.12. The molecule has 0 bridgehead atoms. The zero-order chi connectivity index (χ0) is 12.7. The number of benzene rings is 2. The second kappa shape index (κ2) is 4.03. The molecule has 0 saturated carbocycles. The van der Waals surface area contributed by atoms with Crippen LogP contribution in [0, 0.1) is 0 Å². The summed E-state index contributed by atoms with van der Waals surface area (Å²) in [4.78, 5) is 14.1. The number of halogens is 1. The summed E-state index contributed by atoms with van der Waals surface area (Å²) in [5.41, 5.74) is 2.13. The summed E-state index contributed by atoms with van der Waals surface area (Å²) in [6.07, 6.45) is 0.754. The maximum absolute atomic E-state index is 10.9. The lowest BCUT2D eigenvalue weighted by molar-refractivity contribution is 0.112. The number of rotatable bonds is 2.